The van der Waals surface area contributed by atoms with Crippen molar-refractivity contribution >= 4 is 11.6 Å². The van der Waals surface area contributed by atoms with Crippen molar-refractivity contribution in [2.45, 2.75) is 20.3 Å². The number of pyridine rings is 1. The fourth-order valence-electron chi connectivity index (χ4n) is 2.73. The molecule has 0 atom stereocenters. The third kappa shape index (κ3) is 4.14. The van der Waals surface area contributed by atoms with Gasteiger partial charge in [-0.05, 0) is 50.1 Å². The van der Waals surface area contributed by atoms with Gasteiger partial charge in [0.05, 0.1) is 18.8 Å². The smallest absolute Gasteiger partial charge is 0.252 e. The van der Waals surface area contributed by atoms with Crippen LogP contribution in [0.4, 0.5) is 0 Å². The molecule has 0 fully saturated rings. The highest BCUT2D eigenvalue weighted by Crippen LogP contribution is 2.28. The second-order valence-corrected chi connectivity index (χ2v) is 5.76. The van der Waals surface area contributed by atoms with Gasteiger partial charge in [0.1, 0.15) is 5.65 Å². The van der Waals surface area contributed by atoms with Crippen LogP contribution in [0.3, 0.4) is 0 Å². The van der Waals surface area contributed by atoms with Gasteiger partial charge in [-0.15, -0.1) is 0 Å². The molecule has 0 saturated heterocycles. The van der Waals surface area contributed by atoms with Crippen LogP contribution in [-0.4, -0.2) is 35.1 Å². The number of fused-ring (bicyclic) bond motifs is 1. The van der Waals surface area contributed by atoms with E-state index in [9.17, 15) is 4.79 Å². The summed E-state index contributed by atoms with van der Waals surface area (Å²) in [6, 6.07) is 9.49. The van der Waals surface area contributed by atoms with Crippen LogP contribution in [0.15, 0.2) is 48.9 Å². The lowest BCUT2D eigenvalue weighted by Crippen LogP contribution is -2.25. The van der Waals surface area contributed by atoms with E-state index >= 15 is 0 Å². The van der Waals surface area contributed by atoms with Crippen LogP contribution in [0, 0.1) is 0 Å². The molecule has 0 aliphatic heterocycles. The van der Waals surface area contributed by atoms with Crippen LogP contribution in [-0.2, 0) is 6.42 Å². The average Bonchev–Trinajstić information content (AvgIpc) is 3.12. The van der Waals surface area contributed by atoms with Gasteiger partial charge in [0.2, 0.25) is 0 Å². The predicted molar refractivity (Wildman–Crippen MR) is 100 cm³/mol. The van der Waals surface area contributed by atoms with E-state index in [1.165, 1.54) is 0 Å². The molecule has 0 unspecified atom stereocenters. The number of hydrogen-bond donors (Lipinski definition) is 1. The van der Waals surface area contributed by atoms with Crippen molar-refractivity contribution in [3.63, 3.8) is 0 Å². The van der Waals surface area contributed by atoms with E-state index in [1.54, 1.807) is 18.5 Å². The van der Waals surface area contributed by atoms with Crippen LogP contribution in [0.25, 0.3) is 5.65 Å². The Hall–Kier alpha value is -3.02. The first-order chi connectivity index (χ1) is 12.7. The minimum absolute atomic E-state index is 0.100. The van der Waals surface area contributed by atoms with Crippen molar-refractivity contribution < 1.29 is 14.3 Å². The summed E-state index contributed by atoms with van der Waals surface area (Å²) in [5, 5.41) is 2.95. The largest absolute Gasteiger partial charge is 0.490 e. The monoisotopic (exact) mass is 353 g/mol. The fourth-order valence-corrected chi connectivity index (χ4v) is 2.73. The van der Waals surface area contributed by atoms with Crippen molar-refractivity contribution in [2.75, 3.05) is 19.8 Å². The Morgan fingerprint density at radius 3 is 2.73 bits per heavy atom. The number of nitrogens with zero attached hydrogens (tertiary/aromatic N) is 2. The van der Waals surface area contributed by atoms with Crippen LogP contribution in [0.2, 0.25) is 0 Å². The number of imidazole rings is 1. The van der Waals surface area contributed by atoms with Gasteiger partial charge >= 0.3 is 0 Å². The summed E-state index contributed by atoms with van der Waals surface area (Å²) in [5.74, 6) is 1.39. The maximum Gasteiger partial charge on any atom is 0.252 e. The van der Waals surface area contributed by atoms with Gasteiger partial charge in [-0.25, -0.2) is 4.98 Å². The van der Waals surface area contributed by atoms with E-state index in [0.29, 0.717) is 31.7 Å². The summed E-state index contributed by atoms with van der Waals surface area (Å²) in [6.07, 6.45) is 6.02. The van der Waals surface area contributed by atoms with Crippen molar-refractivity contribution in [3.05, 3.63) is 60.0 Å². The number of nitrogens with one attached hydrogen (secondary N) is 1. The zero-order valence-electron chi connectivity index (χ0n) is 15.1. The Kier molecular flexibility index (Phi) is 5.73. The SMILES string of the molecule is CCOc1ccc(CCNC(=O)c2ccc3nccn3c2)cc1OCC. The summed E-state index contributed by atoms with van der Waals surface area (Å²) in [5.41, 5.74) is 2.51. The van der Waals surface area contributed by atoms with E-state index < -0.39 is 0 Å². The highest BCUT2D eigenvalue weighted by molar-refractivity contribution is 5.94. The second kappa shape index (κ2) is 8.38. The van der Waals surface area contributed by atoms with Gasteiger partial charge in [-0.3, -0.25) is 4.79 Å². The lowest BCUT2D eigenvalue weighted by molar-refractivity contribution is 0.0953. The summed E-state index contributed by atoms with van der Waals surface area (Å²) < 4.78 is 13.0. The molecule has 6 heteroatoms. The molecule has 0 saturated carbocycles. The van der Waals surface area contributed by atoms with Gasteiger partial charge in [0, 0.05) is 25.1 Å². The van der Waals surface area contributed by atoms with Crippen molar-refractivity contribution in [3.8, 4) is 11.5 Å². The standard InChI is InChI=1S/C20H23N3O3/c1-3-25-17-7-5-15(13-18(17)26-4-2)9-10-22-20(24)16-6-8-19-21-11-12-23(19)14-16/h5-8,11-14H,3-4,9-10H2,1-2H3,(H,22,24). The molecule has 2 heterocycles. The highest BCUT2D eigenvalue weighted by atomic mass is 16.5. The molecule has 1 amide bonds. The lowest BCUT2D eigenvalue weighted by Gasteiger charge is -2.12. The summed E-state index contributed by atoms with van der Waals surface area (Å²) in [7, 11) is 0. The van der Waals surface area contributed by atoms with E-state index in [2.05, 4.69) is 10.3 Å². The molecular formula is C20H23N3O3. The Morgan fingerprint density at radius 1 is 1.12 bits per heavy atom. The molecule has 0 aliphatic rings. The molecule has 0 bridgehead atoms. The van der Waals surface area contributed by atoms with E-state index in [1.807, 2.05) is 48.7 Å². The third-order valence-corrected chi connectivity index (χ3v) is 3.96. The summed E-state index contributed by atoms with van der Waals surface area (Å²) >= 11 is 0. The first-order valence-corrected chi connectivity index (χ1v) is 8.80. The Bertz CT molecular complexity index is 889. The number of carbonyl (C=O) groups excluding carboxylic acids is 1. The molecule has 136 valence electrons. The topological polar surface area (TPSA) is 64.9 Å². The zero-order chi connectivity index (χ0) is 18.4. The van der Waals surface area contributed by atoms with Crippen molar-refractivity contribution in [1.82, 2.24) is 14.7 Å². The Labute approximate surface area is 152 Å². The van der Waals surface area contributed by atoms with Gasteiger partial charge < -0.3 is 19.2 Å². The Morgan fingerprint density at radius 2 is 1.92 bits per heavy atom. The molecule has 26 heavy (non-hydrogen) atoms. The van der Waals surface area contributed by atoms with Crippen LogP contribution in [0.5, 0.6) is 11.5 Å². The Balaban J connectivity index is 1.59. The van der Waals surface area contributed by atoms with Crippen LogP contribution in [0.1, 0.15) is 29.8 Å². The van der Waals surface area contributed by atoms with E-state index in [4.69, 9.17) is 9.47 Å². The second-order valence-electron chi connectivity index (χ2n) is 5.76. The predicted octanol–water partition coefficient (Wildman–Crippen LogP) is 3.10. The molecular weight excluding hydrogens is 330 g/mol. The third-order valence-electron chi connectivity index (χ3n) is 3.96. The summed E-state index contributed by atoms with van der Waals surface area (Å²) in [6.45, 7) is 5.61. The first-order valence-electron chi connectivity index (χ1n) is 8.80. The molecule has 3 rings (SSSR count). The minimum atomic E-state index is -0.100. The highest BCUT2D eigenvalue weighted by Gasteiger charge is 2.08. The number of rotatable bonds is 8. The molecule has 2 aromatic heterocycles. The van der Waals surface area contributed by atoms with E-state index in [-0.39, 0.29) is 5.91 Å². The first kappa shape index (κ1) is 17.8. The number of carbonyl (C=O) groups is 1. The van der Waals surface area contributed by atoms with E-state index in [0.717, 1.165) is 22.7 Å². The normalized spacial score (nSPS) is 10.7. The fraction of sp³-hybridized carbons (Fsp3) is 0.300. The van der Waals surface area contributed by atoms with Crippen LogP contribution >= 0.6 is 0 Å². The molecule has 3 aromatic rings. The van der Waals surface area contributed by atoms with Crippen molar-refractivity contribution in [1.29, 1.82) is 0 Å². The molecule has 0 radical (unpaired) electrons. The van der Waals surface area contributed by atoms with Crippen LogP contribution < -0.4 is 14.8 Å². The van der Waals surface area contributed by atoms with Gasteiger partial charge in [-0.2, -0.15) is 0 Å². The summed E-state index contributed by atoms with van der Waals surface area (Å²) in [4.78, 5) is 16.5. The average molecular weight is 353 g/mol. The molecule has 0 spiro atoms. The number of benzene rings is 1. The van der Waals surface area contributed by atoms with Gasteiger partial charge in [-0.1, -0.05) is 6.07 Å². The number of hydrogen-bond acceptors (Lipinski definition) is 4. The number of amides is 1. The molecule has 0 aliphatic carbocycles. The molecule has 6 nitrogen and oxygen atoms in total. The minimum Gasteiger partial charge on any atom is -0.490 e. The number of aromatic nitrogens is 2. The lowest BCUT2D eigenvalue weighted by atomic mass is 10.1. The van der Waals surface area contributed by atoms with Crippen molar-refractivity contribution in [2.24, 2.45) is 0 Å². The molecule has 1 aromatic carbocycles. The number of ether oxygens (including phenoxy) is 2. The molecule has 1 N–H and O–H groups in total. The maximum absolute atomic E-state index is 12.3. The maximum atomic E-state index is 12.3. The van der Waals surface area contributed by atoms with Gasteiger partial charge in [0.15, 0.2) is 11.5 Å². The zero-order valence-corrected chi connectivity index (χ0v) is 15.1. The quantitative estimate of drug-likeness (QED) is 0.676. The van der Waals surface area contributed by atoms with Gasteiger partial charge in [0.25, 0.3) is 5.91 Å².